The van der Waals surface area contributed by atoms with Crippen LogP contribution in [0, 0.1) is 0 Å². The van der Waals surface area contributed by atoms with Gasteiger partial charge in [0.1, 0.15) is 5.01 Å². The van der Waals surface area contributed by atoms with Crippen LogP contribution in [-0.2, 0) is 4.79 Å². The van der Waals surface area contributed by atoms with Gasteiger partial charge in [-0.15, -0.1) is 10.2 Å². The molecule has 0 aliphatic rings. The number of nitrogens with one attached hydrogen (secondary N) is 1. The summed E-state index contributed by atoms with van der Waals surface area (Å²) in [7, 11) is 0. The molecule has 132 valence electrons. The van der Waals surface area contributed by atoms with E-state index in [2.05, 4.69) is 20.7 Å². The number of hydrazone groups is 1. The van der Waals surface area contributed by atoms with Crippen LogP contribution in [0.3, 0.4) is 0 Å². The number of hydrogen-bond donors (Lipinski definition) is 1. The molecule has 0 spiro atoms. The molecule has 3 aromatic rings. The van der Waals surface area contributed by atoms with E-state index in [0.29, 0.717) is 15.6 Å². The molecule has 5 nitrogen and oxygen atoms in total. The number of carbonyl (C=O) groups excluding carboxylic acids is 1. The maximum Gasteiger partial charge on any atom is 0.250 e. The highest BCUT2D eigenvalue weighted by Crippen LogP contribution is 2.29. The Hall–Kier alpha value is -1.93. The molecule has 9 heteroatoms. The van der Waals surface area contributed by atoms with Crippen molar-refractivity contribution in [2.75, 3.05) is 5.75 Å². The van der Waals surface area contributed by atoms with Crippen molar-refractivity contribution in [2.24, 2.45) is 5.10 Å². The summed E-state index contributed by atoms with van der Waals surface area (Å²) in [4.78, 5) is 11.9. The number of rotatable bonds is 6. The summed E-state index contributed by atoms with van der Waals surface area (Å²) in [6.45, 7) is 0. The van der Waals surface area contributed by atoms with Crippen LogP contribution in [0.25, 0.3) is 10.6 Å². The Balaban J connectivity index is 1.52. The molecule has 2 aromatic carbocycles. The molecule has 0 radical (unpaired) electrons. The van der Waals surface area contributed by atoms with E-state index in [0.717, 1.165) is 14.9 Å². The summed E-state index contributed by atoms with van der Waals surface area (Å²) < 4.78 is 0.720. The van der Waals surface area contributed by atoms with Crippen LogP contribution in [0.2, 0.25) is 10.0 Å². The van der Waals surface area contributed by atoms with Crippen molar-refractivity contribution in [3.63, 3.8) is 0 Å². The number of aromatic nitrogens is 2. The number of amides is 1. The lowest BCUT2D eigenvalue weighted by atomic mass is 10.2. The first-order valence-corrected chi connectivity index (χ1v) is 9.97. The first-order valence-electron chi connectivity index (χ1n) is 7.41. The van der Waals surface area contributed by atoms with Crippen molar-refractivity contribution in [2.45, 2.75) is 4.34 Å². The normalized spacial score (nSPS) is 11.0. The molecule has 1 aromatic heterocycles. The van der Waals surface area contributed by atoms with Crippen molar-refractivity contribution in [1.29, 1.82) is 0 Å². The van der Waals surface area contributed by atoms with E-state index in [1.54, 1.807) is 18.2 Å². The quantitative estimate of drug-likeness (QED) is 0.353. The second-order valence-corrected chi connectivity index (χ2v) is 7.97. The van der Waals surface area contributed by atoms with E-state index < -0.39 is 0 Å². The maximum absolute atomic E-state index is 11.9. The number of hydrogen-bond acceptors (Lipinski definition) is 6. The minimum Gasteiger partial charge on any atom is -0.272 e. The predicted molar refractivity (Wildman–Crippen MR) is 108 cm³/mol. The van der Waals surface area contributed by atoms with Crippen LogP contribution in [-0.4, -0.2) is 28.1 Å². The van der Waals surface area contributed by atoms with Crippen molar-refractivity contribution in [1.82, 2.24) is 15.6 Å². The zero-order chi connectivity index (χ0) is 18.4. The van der Waals surface area contributed by atoms with Crippen molar-refractivity contribution in [3.05, 3.63) is 64.1 Å². The smallest absolute Gasteiger partial charge is 0.250 e. The van der Waals surface area contributed by atoms with Gasteiger partial charge in [0.05, 0.1) is 22.0 Å². The Morgan fingerprint density at radius 2 is 1.85 bits per heavy atom. The third kappa shape index (κ3) is 5.04. The molecular weight excluding hydrogens is 411 g/mol. The van der Waals surface area contributed by atoms with Gasteiger partial charge in [-0.1, -0.05) is 82.7 Å². The van der Waals surface area contributed by atoms with E-state index in [9.17, 15) is 4.79 Å². The topological polar surface area (TPSA) is 67.2 Å². The van der Waals surface area contributed by atoms with Gasteiger partial charge in [0.2, 0.25) is 0 Å². The minimum atomic E-state index is -0.258. The number of benzene rings is 2. The van der Waals surface area contributed by atoms with Gasteiger partial charge in [-0.2, -0.15) is 5.10 Å². The maximum atomic E-state index is 11.9. The van der Waals surface area contributed by atoms with Gasteiger partial charge in [0.25, 0.3) is 5.91 Å². The molecule has 0 bridgehead atoms. The third-order valence-electron chi connectivity index (χ3n) is 3.14. The van der Waals surface area contributed by atoms with Crippen molar-refractivity contribution >= 4 is 58.4 Å². The standard InChI is InChI=1S/C17H12Cl2N4OS2/c18-13-7-4-8-14(19)12(13)9-20-21-15(24)10-25-17-23-22-16(26-17)11-5-2-1-3-6-11/h1-9H,10H2,(H,21,24). The van der Waals surface area contributed by atoms with Gasteiger partial charge in [0.15, 0.2) is 4.34 Å². The van der Waals surface area contributed by atoms with Crippen molar-refractivity contribution < 1.29 is 4.79 Å². The minimum absolute atomic E-state index is 0.178. The van der Waals surface area contributed by atoms with E-state index in [1.165, 1.54) is 29.3 Å². The lowest BCUT2D eigenvalue weighted by Gasteiger charge is -2.01. The van der Waals surface area contributed by atoms with E-state index >= 15 is 0 Å². The van der Waals surface area contributed by atoms with Crippen LogP contribution in [0.5, 0.6) is 0 Å². The second kappa shape index (κ2) is 9.14. The third-order valence-corrected chi connectivity index (χ3v) is 5.90. The highest BCUT2D eigenvalue weighted by atomic mass is 35.5. The molecule has 0 atom stereocenters. The number of thioether (sulfide) groups is 1. The molecule has 3 rings (SSSR count). The molecule has 0 fully saturated rings. The monoisotopic (exact) mass is 422 g/mol. The van der Waals surface area contributed by atoms with Gasteiger partial charge in [0, 0.05) is 11.1 Å². The molecule has 0 saturated carbocycles. The fourth-order valence-corrected chi connectivity index (χ4v) is 4.07. The Kier molecular flexibility index (Phi) is 6.62. The molecular formula is C17H12Cl2N4OS2. The van der Waals surface area contributed by atoms with Crippen LogP contribution in [0.4, 0.5) is 0 Å². The van der Waals surface area contributed by atoms with E-state index in [-0.39, 0.29) is 11.7 Å². The summed E-state index contributed by atoms with van der Waals surface area (Å²) in [5, 5.41) is 13.9. The predicted octanol–water partition coefficient (Wildman–Crippen LogP) is 4.75. The summed E-state index contributed by atoms with van der Waals surface area (Å²) in [6, 6.07) is 14.9. The fourth-order valence-electron chi connectivity index (χ4n) is 1.93. The van der Waals surface area contributed by atoms with Gasteiger partial charge < -0.3 is 0 Å². The summed E-state index contributed by atoms with van der Waals surface area (Å²) >= 11 is 14.8. The Labute approximate surface area is 168 Å². The lowest BCUT2D eigenvalue weighted by molar-refractivity contribution is -0.118. The van der Waals surface area contributed by atoms with E-state index in [4.69, 9.17) is 23.2 Å². The van der Waals surface area contributed by atoms with Gasteiger partial charge in [-0.3, -0.25) is 4.79 Å². The van der Waals surface area contributed by atoms with Crippen LogP contribution in [0.1, 0.15) is 5.56 Å². The van der Waals surface area contributed by atoms with Gasteiger partial charge in [-0.25, -0.2) is 5.43 Å². The lowest BCUT2D eigenvalue weighted by Crippen LogP contribution is -2.19. The Morgan fingerprint density at radius 3 is 2.58 bits per heavy atom. The SMILES string of the molecule is O=C(CSc1nnc(-c2ccccc2)s1)NN=Cc1c(Cl)cccc1Cl. The van der Waals surface area contributed by atoms with Crippen LogP contribution >= 0.6 is 46.3 Å². The Morgan fingerprint density at radius 1 is 1.12 bits per heavy atom. The highest BCUT2D eigenvalue weighted by molar-refractivity contribution is 8.01. The molecule has 1 amide bonds. The molecule has 1 heterocycles. The van der Waals surface area contributed by atoms with Gasteiger partial charge in [-0.05, 0) is 12.1 Å². The van der Waals surface area contributed by atoms with Gasteiger partial charge >= 0.3 is 0 Å². The summed E-state index contributed by atoms with van der Waals surface area (Å²) in [5.41, 5.74) is 4.00. The van der Waals surface area contributed by atoms with Crippen molar-refractivity contribution in [3.8, 4) is 10.6 Å². The average molecular weight is 423 g/mol. The number of carbonyl (C=O) groups is 1. The molecule has 0 aliphatic heterocycles. The molecule has 0 aliphatic carbocycles. The Bertz CT molecular complexity index is 911. The molecule has 1 N–H and O–H groups in total. The van der Waals surface area contributed by atoms with Crippen LogP contribution in [0.15, 0.2) is 58.0 Å². The molecule has 0 saturated heterocycles. The fraction of sp³-hybridized carbons (Fsp3) is 0.0588. The zero-order valence-corrected chi connectivity index (χ0v) is 16.4. The summed E-state index contributed by atoms with van der Waals surface area (Å²) in [6.07, 6.45) is 1.42. The zero-order valence-electron chi connectivity index (χ0n) is 13.2. The first-order chi connectivity index (χ1) is 12.6. The largest absolute Gasteiger partial charge is 0.272 e. The molecule has 26 heavy (non-hydrogen) atoms. The number of halogens is 2. The number of nitrogens with zero attached hydrogens (tertiary/aromatic N) is 3. The summed E-state index contributed by atoms with van der Waals surface area (Å²) in [5.74, 6) is -0.0808. The average Bonchev–Trinajstić information content (AvgIpc) is 3.12. The second-order valence-electron chi connectivity index (χ2n) is 4.96. The highest BCUT2D eigenvalue weighted by Gasteiger charge is 2.09. The first kappa shape index (κ1) is 18.8. The van der Waals surface area contributed by atoms with E-state index in [1.807, 2.05) is 30.3 Å². The van der Waals surface area contributed by atoms with Crippen LogP contribution < -0.4 is 5.43 Å². The molecule has 0 unspecified atom stereocenters.